The van der Waals surface area contributed by atoms with Gasteiger partial charge < -0.3 is 9.73 Å². The Balaban J connectivity index is 2.42. The van der Waals surface area contributed by atoms with E-state index in [1.165, 1.54) is 0 Å². The Labute approximate surface area is 127 Å². The summed E-state index contributed by atoms with van der Waals surface area (Å²) in [5, 5.41) is 3.03. The van der Waals surface area contributed by atoms with Crippen molar-refractivity contribution in [2.75, 3.05) is 13.6 Å². The Morgan fingerprint density at radius 1 is 1.29 bits per heavy atom. The number of furan rings is 1. The van der Waals surface area contributed by atoms with Crippen molar-refractivity contribution in [2.24, 2.45) is 0 Å². The summed E-state index contributed by atoms with van der Waals surface area (Å²) in [6.07, 6.45) is 3.83. The molecule has 1 fully saturated rings. The molecule has 5 nitrogen and oxygen atoms in total. The number of unbranched alkanes of at least 4 members (excludes halogenated alkanes) is 1. The average Bonchev–Trinajstić information content (AvgIpc) is 3.18. The van der Waals surface area contributed by atoms with Gasteiger partial charge in [0.2, 0.25) is 10.0 Å². The Morgan fingerprint density at radius 3 is 2.48 bits per heavy atom. The van der Waals surface area contributed by atoms with Crippen LogP contribution in [0.5, 0.6) is 0 Å². The van der Waals surface area contributed by atoms with E-state index in [0.717, 1.165) is 31.2 Å². The largest absolute Gasteiger partial charge is 0.465 e. The SMILES string of the molecule is CCCCN(C1CC1)S(=O)(=O)c1c(C)oc(C)c1CNC. The second-order valence-corrected chi connectivity index (χ2v) is 7.58. The highest BCUT2D eigenvalue weighted by molar-refractivity contribution is 7.89. The van der Waals surface area contributed by atoms with Crippen LogP contribution in [0.15, 0.2) is 9.31 Å². The average molecular weight is 314 g/mol. The van der Waals surface area contributed by atoms with Crippen molar-refractivity contribution in [3.63, 3.8) is 0 Å². The van der Waals surface area contributed by atoms with E-state index in [-0.39, 0.29) is 6.04 Å². The first-order valence-electron chi connectivity index (χ1n) is 7.68. The molecule has 1 N–H and O–H groups in total. The van der Waals surface area contributed by atoms with Gasteiger partial charge in [-0.2, -0.15) is 4.31 Å². The molecule has 1 aliphatic rings. The van der Waals surface area contributed by atoms with Crippen LogP contribution in [-0.2, 0) is 16.6 Å². The van der Waals surface area contributed by atoms with Crippen molar-refractivity contribution >= 4 is 10.0 Å². The molecule has 0 amide bonds. The third kappa shape index (κ3) is 3.33. The van der Waals surface area contributed by atoms with Gasteiger partial charge in [-0.3, -0.25) is 0 Å². The lowest BCUT2D eigenvalue weighted by Crippen LogP contribution is -2.35. The Hall–Kier alpha value is -0.850. The molecular weight excluding hydrogens is 288 g/mol. The number of nitrogens with zero attached hydrogens (tertiary/aromatic N) is 1. The standard InChI is InChI=1S/C15H26N2O3S/c1-5-6-9-17(13-7-8-13)21(18,19)15-12(3)20-11(2)14(15)10-16-4/h13,16H,5-10H2,1-4H3. The number of rotatable bonds is 8. The number of sulfonamides is 1. The molecule has 21 heavy (non-hydrogen) atoms. The molecule has 2 rings (SSSR count). The van der Waals surface area contributed by atoms with Gasteiger partial charge in [-0.15, -0.1) is 0 Å². The third-order valence-corrected chi connectivity index (χ3v) is 6.08. The molecule has 0 unspecified atom stereocenters. The highest BCUT2D eigenvalue weighted by Gasteiger charge is 2.40. The van der Waals surface area contributed by atoms with Crippen LogP contribution >= 0.6 is 0 Å². The van der Waals surface area contributed by atoms with Gasteiger partial charge in [0.05, 0.1) is 0 Å². The highest BCUT2D eigenvalue weighted by atomic mass is 32.2. The molecule has 1 heterocycles. The summed E-state index contributed by atoms with van der Waals surface area (Å²) in [7, 11) is -1.66. The topological polar surface area (TPSA) is 62.6 Å². The van der Waals surface area contributed by atoms with Gasteiger partial charge in [0, 0.05) is 24.7 Å². The lowest BCUT2D eigenvalue weighted by molar-refractivity contribution is 0.393. The van der Waals surface area contributed by atoms with E-state index in [0.29, 0.717) is 29.5 Å². The van der Waals surface area contributed by atoms with Crippen LogP contribution < -0.4 is 5.32 Å². The predicted octanol–water partition coefficient (Wildman–Crippen LogP) is 2.57. The van der Waals surface area contributed by atoms with Crippen molar-refractivity contribution in [1.29, 1.82) is 0 Å². The second kappa shape index (κ2) is 6.50. The van der Waals surface area contributed by atoms with Crippen LogP contribution in [0.1, 0.15) is 49.7 Å². The summed E-state index contributed by atoms with van der Waals surface area (Å²) in [6, 6.07) is 0.179. The lowest BCUT2D eigenvalue weighted by Gasteiger charge is -2.22. The summed E-state index contributed by atoms with van der Waals surface area (Å²) < 4.78 is 33.5. The van der Waals surface area contributed by atoms with E-state index in [1.54, 1.807) is 11.2 Å². The first-order valence-corrected chi connectivity index (χ1v) is 9.12. The van der Waals surface area contributed by atoms with Gasteiger partial charge >= 0.3 is 0 Å². The van der Waals surface area contributed by atoms with Gasteiger partial charge in [0.1, 0.15) is 16.4 Å². The maximum absolute atomic E-state index is 13.1. The van der Waals surface area contributed by atoms with Crippen molar-refractivity contribution < 1.29 is 12.8 Å². The number of nitrogens with one attached hydrogen (secondary N) is 1. The molecule has 6 heteroatoms. The molecule has 0 aliphatic heterocycles. The van der Waals surface area contributed by atoms with Crippen molar-refractivity contribution in [3.8, 4) is 0 Å². The zero-order valence-corrected chi connectivity index (χ0v) is 14.2. The van der Waals surface area contributed by atoms with Crippen molar-refractivity contribution in [1.82, 2.24) is 9.62 Å². The minimum absolute atomic E-state index is 0.179. The van der Waals surface area contributed by atoms with Crippen LogP contribution in [0.3, 0.4) is 0 Å². The maximum Gasteiger partial charge on any atom is 0.247 e. The zero-order valence-electron chi connectivity index (χ0n) is 13.4. The Bertz CT molecular complexity index is 588. The fourth-order valence-electron chi connectivity index (χ4n) is 2.72. The molecule has 0 radical (unpaired) electrons. The van der Waals surface area contributed by atoms with E-state index in [1.807, 2.05) is 14.0 Å². The summed E-state index contributed by atoms with van der Waals surface area (Å²) in [5.41, 5.74) is 0.761. The van der Waals surface area contributed by atoms with E-state index in [2.05, 4.69) is 12.2 Å². The Kier molecular flexibility index (Phi) is 5.11. The molecule has 1 aromatic heterocycles. The number of hydrogen-bond donors (Lipinski definition) is 1. The van der Waals surface area contributed by atoms with Gasteiger partial charge in [-0.1, -0.05) is 13.3 Å². The first-order chi connectivity index (χ1) is 9.93. The highest BCUT2D eigenvalue weighted by Crippen LogP contribution is 2.36. The molecule has 1 aliphatic carbocycles. The van der Waals surface area contributed by atoms with Crippen molar-refractivity contribution in [3.05, 3.63) is 17.1 Å². The molecule has 1 aromatic rings. The second-order valence-electron chi connectivity index (χ2n) is 5.75. The van der Waals surface area contributed by atoms with Crippen LogP contribution in [0.2, 0.25) is 0 Å². The Morgan fingerprint density at radius 2 is 1.95 bits per heavy atom. The van der Waals surface area contributed by atoms with Crippen LogP contribution in [0.25, 0.3) is 0 Å². The predicted molar refractivity (Wildman–Crippen MR) is 82.8 cm³/mol. The van der Waals surface area contributed by atoms with Crippen LogP contribution in [-0.4, -0.2) is 32.4 Å². The van der Waals surface area contributed by atoms with Gasteiger partial charge in [-0.05, 0) is 40.2 Å². The molecular formula is C15H26N2O3S. The lowest BCUT2D eigenvalue weighted by atomic mass is 10.2. The van der Waals surface area contributed by atoms with Gasteiger partial charge in [-0.25, -0.2) is 8.42 Å². The molecule has 0 spiro atoms. The van der Waals surface area contributed by atoms with E-state index in [4.69, 9.17) is 4.42 Å². The van der Waals surface area contributed by atoms with Crippen molar-refractivity contribution in [2.45, 2.75) is 63.9 Å². The number of hydrogen-bond acceptors (Lipinski definition) is 4. The molecule has 120 valence electrons. The zero-order chi connectivity index (χ0) is 15.6. The number of aryl methyl sites for hydroxylation is 2. The minimum Gasteiger partial charge on any atom is -0.465 e. The molecule has 0 bridgehead atoms. The van der Waals surface area contributed by atoms with E-state index in [9.17, 15) is 8.42 Å². The fourth-order valence-corrected chi connectivity index (χ4v) is 4.86. The maximum atomic E-state index is 13.1. The third-order valence-electron chi connectivity index (χ3n) is 3.93. The smallest absolute Gasteiger partial charge is 0.247 e. The minimum atomic E-state index is -3.47. The fraction of sp³-hybridized carbons (Fsp3) is 0.733. The summed E-state index contributed by atoms with van der Waals surface area (Å²) >= 11 is 0. The van der Waals surface area contributed by atoms with Gasteiger partial charge in [0.15, 0.2) is 0 Å². The summed E-state index contributed by atoms with van der Waals surface area (Å²) in [4.78, 5) is 0.373. The normalized spacial score (nSPS) is 15.9. The van der Waals surface area contributed by atoms with E-state index < -0.39 is 10.0 Å². The van der Waals surface area contributed by atoms with Gasteiger partial charge in [0.25, 0.3) is 0 Å². The molecule has 0 aromatic carbocycles. The van der Waals surface area contributed by atoms with Crippen LogP contribution in [0.4, 0.5) is 0 Å². The molecule has 1 saturated carbocycles. The van der Waals surface area contributed by atoms with Crippen LogP contribution in [0, 0.1) is 13.8 Å². The molecule has 0 atom stereocenters. The first kappa shape index (κ1) is 16.5. The van der Waals surface area contributed by atoms with E-state index >= 15 is 0 Å². The molecule has 0 saturated heterocycles. The summed E-state index contributed by atoms with van der Waals surface area (Å²) in [6.45, 7) is 6.75. The quantitative estimate of drug-likeness (QED) is 0.801. The monoisotopic (exact) mass is 314 g/mol. The summed E-state index contributed by atoms with van der Waals surface area (Å²) in [5.74, 6) is 1.19.